The van der Waals surface area contributed by atoms with Crippen LogP contribution in [0.5, 0.6) is 5.75 Å². The minimum Gasteiger partial charge on any atom is -0.495 e. The van der Waals surface area contributed by atoms with E-state index in [1.165, 1.54) is 6.07 Å². The number of imide groups is 1. The first-order valence-electron chi connectivity index (χ1n) is 7.51. The van der Waals surface area contributed by atoms with Crippen LogP contribution in [0.3, 0.4) is 0 Å². The molecule has 0 unspecified atom stereocenters. The molecule has 5 nitrogen and oxygen atoms in total. The molecule has 2 aromatic rings. The van der Waals surface area contributed by atoms with E-state index in [0.717, 1.165) is 23.4 Å². The molecule has 2 aromatic carbocycles. The Labute approximate surface area is 176 Å². The van der Waals surface area contributed by atoms with E-state index in [-0.39, 0.29) is 17.8 Å². The molecule has 0 spiro atoms. The normalized spacial score (nSPS) is 15.5. The lowest BCUT2D eigenvalue weighted by atomic mass is 10.1. The van der Waals surface area contributed by atoms with E-state index in [1.54, 1.807) is 31.4 Å². The molecule has 1 N–H and O–H groups in total. The van der Waals surface area contributed by atoms with Gasteiger partial charge in [-0.05, 0) is 75.0 Å². The zero-order valence-electron chi connectivity index (χ0n) is 13.6. The Morgan fingerprint density at radius 2 is 1.85 bits per heavy atom. The minimum atomic E-state index is -0.567. The van der Waals surface area contributed by atoms with E-state index in [2.05, 4.69) is 50.5 Å². The summed E-state index contributed by atoms with van der Waals surface area (Å²) in [6.45, 7) is -0.119. The lowest BCUT2D eigenvalue weighted by Crippen LogP contribution is -2.30. The van der Waals surface area contributed by atoms with Crippen molar-refractivity contribution in [3.63, 3.8) is 0 Å². The minimum absolute atomic E-state index is 0.119. The SMILES string of the molecule is COc1c(I)cc(/C=C2/NC(=O)N(Cc3ccccc3F)C2=O)cc1I. The molecule has 26 heavy (non-hydrogen) atoms. The summed E-state index contributed by atoms with van der Waals surface area (Å²) in [5.41, 5.74) is 1.20. The number of carbonyl (C=O) groups excluding carboxylic acids is 2. The van der Waals surface area contributed by atoms with Crippen molar-refractivity contribution in [3.05, 3.63) is 66.2 Å². The second kappa shape index (κ2) is 7.91. The van der Waals surface area contributed by atoms with Crippen molar-refractivity contribution in [2.75, 3.05) is 7.11 Å². The van der Waals surface area contributed by atoms with Gasteiger partial charge in [0.05, 0.1) is 20.8 Å². The van der Waals surface area contributed by atoms with Gasteiger partial charge in [-0.1, -0.05) is 18.2 Å². The molecule has 0 saturated carbocycles. The van der Waals surface area contributed by atoms with E-state index in [1.807, 2.05) is 12.1 Å². The van der Waals surface area contributed by atoms with Crippen LogP contribution in [-0.4, -0.2) is 23.9 Å². The highest BCUT2D eigenvalue weighted by atomic mass is 127. The fourth-order valence-corrected chi connectivity index (χ4v) is 4.79. The molecule has 1 aliphatic rings. The molecular formula is C18H13FI2N2O3. The van der Waals surface area contributed by atoms with Gasteiger partial charge in [-0.15, -0.1) is 0 Å². The summed E-state index contributed by atoms with van der Waals surface area (Å²) in [5, 5.41) is 2.55. The zero-order chi connectivity index (χ0) is 18.8. The Morgan fingerprint density at radius 3 is 2.46 bits per heavy atom. The van der Waals surface area contributed by atoms with Crippen LogP contribution in [0.15, 0.2) is 42.1 Å². The molecule has 0 aliphatic carbocycles. The topological polar surface area (TPSA) is 58.6 Å². The molecule has 1 saturated heterocycles. The Bertz CT molecular complexity index is 907. The molecule has 0 atom stereocenters. The maximum Gasteiger partial charge on any atom is 0.329 e. The molecular weight excluding hydrogens is 565 g/mol. The van der Waals surface area contributed by atoms with Crippen LogP contribution in [-0.2, 0) is 11.3 Å². The number of hydrogen-bond donors (Lipinski definition) is 1. The van der Waals surface area contributed by atoms with Gasteiger partial charge in [-0.2, -0.15) is 0 Å². The van der Waals surface area contributed by atoms with E-state index in [0.29, 0.717) is 0 Å². The largest absolute Gasteiger partial charge is 0.495 e. The van der Waals surface area contributed by atoms with Gasteiger partial charge in [0.1, 0.15) is 17.3 Å². The summed E-state index contributed by atoms with van der Waals surface area (Å²) in [5.74, 6) is -0.180. The summed E-state index contributed by atoms with van der Waals surface area (Å²) in [7, 11) is 1.60. The van der Waals surface area contributed by atoms with Gasteiger partial charge in [-0.25, -0.2) is 9.18 Å². The maximum atomic E-state index is 13.8. The standard InChI is InChI=1S/C18H13FI2N2O3/c1-26-16-13(20)6-10(7-14(16)21)8-15-17(24)23(18(25)22-15)9-11-4-2-3-5-12(11)19/h2-8H,9H2,1H3,(H,22,25)/b15-8+. The molecule has 3 rings (SSSR count). The van der Waals surface area contributed by atoms with E-state index < -0.39 is 17.8 Å². The van der Waals surface area contributed by atoms with Crippen molar-refractivity contribution < 1.29 is 18.7 Å². The van der Waals surface area contributed by atoms with Crippen LogP contribution in [0.4, 0.5) is 9.18 Å². The maximum absolute atomic E-state index is 13.8. The van der Waals surface area contributed by atoms with Crippen LogP contribution in [0.1, 0.15) is 11.1 Å². The molecule has 3 amide bonds. The van der Waals surface area contributed by atoms with Gasteiger partial charge in [0, 0.05) is 5.56 Å². The highest BCUT2D eigenvalue weighted by Crippen LogP contribution is 2.29. The molecule has 134 valence electrons. The van der Waals surface area contributed by atoms with E-state index in [9.17, 15) is 14.0 Å². The Morgan fingerprint density at radius 1 is 1.19 bits per heavy atom. The molecule has 0 bridgehead atoms. The number of halogens is 3. The third-order valence-corrected chi connectivity index (χ3v) is 5.39. The number of carbonyl (C=O) groups is 2. The Hall–Kier alpha value is -1.69. The molecule has 1 fully saturated rings. The number of benzene rings is 2. The zero-order valence-corrected chi connectivity index (χ0v) is 17.9. The number of nitrogens with zero attached hydrogens (tertiary/aromatic N) is 1. The fraction of sp³-hybridized carbons (Fsp3) is 0.111. The highest BCUT2D eigenvalue weighted by Gasteiger charge is 2.34. The highest BCUT2D eigenvalue weighted by molar-refractivity contribution is 14.1. The molecule has 8 heteroatoms. The van der Waals surface area contributed by atoms with E-state index >= 15 is 0 Å². The Balaban J connectivity index is 1.87. The first-order chi connectivity index (χ1) is 12.4. The monoisotopic (exact) mass is 578 g/mol. The van der Waals surface area contributed by atoms with Gasteiger partial charge >= 0.3 is 6.03 Å². The number of nitrogens with one attached hydrogen (secondary N) is 1. The van der Waals surface area contributed by atoms with Crippen LogP contribution in [0.2, 0.25) is 0 Å². The molecule has 1 aliphatic heterocycles. The first-order valence-corrected chi connectivity index (χ1v) is 9.67. The van der Waals surface area contributed by atoms with Gasteiger partial charge in [-0.3, -0.25) is 9.69 Å². The predicted molar refractivity (Wildman–Crippen MR) is 112 cm³/mol. The van der Waals surface area contributed by atoms with Crippen molar-refractivity contribution >= 4 is 63.2 Å². The average Bonchev–Trinajstić information content (AvgIpc) is 2.84. The summed E-state index contributed by atoms with van der Waals surface area (Å²) >= 11 is 4.29. The van der Waals surface area contributed by atoms with Crippen LogP contribution in [0, 0.1) is 13.0 Å². The molecule has 1 heterocycles. The van der Waals surface area contributed by atoms with Crippen LogP contribution in [0.25, 0.3) is 6.08 Å². The summed E-state index contributed by atoms with van der Waals surface area (Å²) in [6.07, 6.45) is 1.60. The van der Waals surface area contributed by atoms with Crippen molar-refractivity contribution in [2.24, 2.45) is 0 Å². The predicted octanol–water partition coefficient (Wildman–Crippen LogP) is 4.14. The first kappa shape index (κ1) is 19.1. The number of ether oxygens (including phenoxy) is 1. The van der Waals surface area contributed by atoms with Crippen molar-refractivity contribution in [2.45, 2.75) is 6.54 Å². The Kier molecular flexibility index (Phi) is 5.80. The van der Waals surface area contributed by atoms with E-state index in [4.69, 9.17) is 4.74 Å². The number of methoxy groups -OCH3 is 1. The van der Waals surface area contributed by atoms with Gasteiger partial charge < -0.3 is 10.1 Å². The molecule has 0 aromatic heterocycles. The quantitative estimate of drug-likeness (QED) is 0.338. The second-order valence-corrected chi connectivity index (χ2v) is 7.81. The van der Waals surface area contributed by atoms with Gasteiger partial charge in [0.25, 0.3) is 5.91 Å². The third-order valence-electron chi connectivity index (χ3n) is 3.78. The second-order valence-electron chi connectivity index (χ2n) is 5.49. The van der Waals surface area contributed by atoms with Crippen molar-refractivity contribution in [1.82, 2.24) is 10.2 Å². The van der Waals surface area contributed by atoms with Crippen molar-refractivity contribution in [1.29, 1.82) is 0 Å². The van der Waals surface area contributed by atoms with Gasteiger partial charge in [0.15, 0.2) is 0 Å². The fourth-order valence-electron chi connectivity index (χ4n) is 2.54. The lowest BCUT2D eigenvalue weighted by molar-refractivity contribution is -0.123. The summed E-state index contributed by atoms with van der Waals surface area (Å²) < 4.78 is 20.9. The van der Waals surface area contributed by atoms with Crippen LogP contribution >= 0.6 is 45.2 Å². The summed E-state index contributed by atoms with van der Waals surface area (Å²) in [4.78, 5) is 25.7. The number of rotatable bonds is 4. The number of amides is 3. The summed E-state index contributed by atoms with van der Waals surface area (Å²) in [6, 6.07) is 9.21. The number of urea groups is 1. The smallest absolute Gasteiger partial charge is 0.329 e. The van der Waals surface area contributed by atoms with Gasteiger partial charge in [0.2, 0.25) is 0 Å². The average molecular weight is 578 g/mol. The van der Waals surface area contributed by atoms with Crippen LogP contribution < -0.4 is 10.1 Å². The third kappa shape index (κ3) is 3.85. The van der Waals surface area contributed by atoms with Crippen molar-refractivity contribution in [3.8, 4) is 5.75 Å². The number of hydrogen-bond acceptors (Lipinski definition) is 3. The molecule has 0 radical (unpaired) electrons. The lowest BCUT2D eigenvalue weighted by Gasteiger charge is -2.12.